The third-order valence-corrected chi connectivity index (χ3v) is 3.05. The van der Waals surface area contributed by atoms with Gasteiger partial charge in [0, 0.05) is 37.3 Å². The third-order valence-electron chi connectivity index (χ3n) is 3.05. The van der Waals surface area contributed by atoms with Crippen molar-refractivity contribution in [2.24, 2.45) is 0 Å². The van der Waals surface area contributed by atoms with Crippen LogP contribution >= 0.6 is 0 Å². The van der Waals surface area contributed by atoms with Gasteiger partial charge in [-0.05, 0) is 12.1 Å². The molecule has 0 fully saturated rings. The molecule has 4 nitrogen and oxygen atoms in total. The van der Waals surface area contributed by atoms with E-state index in [2.05, 4.69) is 10.6 Å². The van der Waals surface area contributed by atoms with E-state index in [9.17, 15) is 10.2 Å². The lowest BCUT2D eigenvalue weighted by Gasteiger charge is -2.07. The molecule has 0 amide bonds. The van der Waals surface area contributed by atoms with Gasteiger partial charge in [-0.1, -0.05) is 36.4 Å². The number of nitrogens with one attached hydrogen (secondary N) is 2. The number of hydrogen-bond acceptors (Lipinski definition) is 2. The van der Waals surface area contributed by atoms with Crippen molar-refractivity contribution in [2.45, 2.75) is 13.1 Å². The molecule has 0 aliphatic rings. The number of para-hydroxylation sites is 2. The standard InChI is InChI=1S/C16H18N2O2/c19-15-7-3-1-5-13(15)11-17-9-10-18-12-14-6-2-4-8-16(14)20/h1-8,17-18H,9-12H2. The first-order valence-electron chi connectivity index (χ1n) is 6.68. The van der Waals surface area contributed by atoms with E-state index < -0.39 is 0 Å². The Morgan fingerprint density at radius 2 is 1.05 bits per heavy atom. The molecule has 0 aliphatic carbocycles. The van der Waals surface area contributed by atoms with Gasteiger partial charge in [-0.15, -0.1) is 0 Å². The van der Waals surface area contributed by atoms with Crippen LogP contribution in [0.3, 0.4) is 0 Å². The Kier molecular flexibility index (Phi) is 5.41. The van der Waals surface area contributed by atoms with Crippen molar-refractivity contribution in [3.05, 3.63) is 59.7 Å². The Labute approximate surface area is 119 Å². The lowest BCUT2D eigenvalue weighted by atomic mass is 10.2. The molecule has 0 unspecified atom stereocenters. The molecule has 2 N–H and O–H groups in total. The van der Waals surface area contributed by atoms with Crippen molar-refractivity contribution < 1.29 is 10.2 Å². The van der Waals surface area contributed by atoms with Crippen LogP contribution in [0.2, 0.25) is 0 Å². The van der Waals surface area contributed by atoms with Gasteiger partial charge in [-0.2, -0.15) is 0 Å². The van der Waals surface area contributed by atoms with E-state index in [0.717, 1.165) is 24.2 Å². The maximum absolute atomic E-state index is 11.5. The first-order valence-corrected chi connectivity index (χ1v) is 6.68. The molecule has 2 aromatic rings. The van der Waals surface area contributed by atoms with Gasteiger partial charge < -0.3 is 10.6 Å². The van der Waals surface area contributed by atoms with Crippen LogP contribution in [0, 0.1) is 0 Å². The first kappa shape index (κ1) is 14.4. The fourth-order valence-electron chi connectivity index (χ4n) is 1.92. The molecule has 4 heteroatoms. The van der Waals surface area contributed by atoms with E-state index in [4.69, 9.17) is 0 Å². The second-order valence-electron chi connectivity index (χ2n) is 4.57. The zero-order valence-electron chi connectivity index (χ0n) is 11.3. The normalized spacial score (nSPS) is 10.6. The molecule has 0 bridgehead atoms. The molecular weight excluding hydrogens is 252 g/mol. The Bertz CT molecular complexity index is 494. The van der Waals surface area contributed by atoms with Crippen LogP contribution in [0.15, 0.2) is 48.5 Å². The van der Waals surface area contributed by atoms with Gasteiger partial charge in [-0.3, -0.25) is 10.2 Å². The first-order chi connectivity index (χ1) is 9.77. The summed E-state index contributed by atoms with van der Waals surface area (Å²) in [7, 11) is 0. The quantitative estimate of drug-likeness (QED) is 0.760. The van der Waals surface area contributed by atoms with Gasteiger partial charge in [0.25, 0.3) is 0 Å². The van der Waals surface area contributed by atoms with E-state index in [1.54, 1.807) is 24.3 Å². The van der Waals surface area contributed by atoms with Crippen LogP contribution in [0.5, 0.6) is 11.5 Å². The molecule has 0 saturated carbocycles. The van der Waals surface area contributed by atoms with Crippen molar-refractivity contribution in [1.29, 1.82) is 0 Å². The summed E-state index contributed by atoms with van der Waals surface area (Å²) in [5, 5.41) is 29.3. The highest BCUT2D eigenvalue weighted by atomic mass is 16.3. The number of benzene rings is 2. The van der Waals surface area contributed by atoms with Crippen molar-refractivity contribution in [1.82, 2.24) is 10.6 Å². The highest BCUT2D eigenvalue weighted by Gasteiger charge is 2.01. The van der Waals surface area contributed by atoms with Gasteiger partial charge in [0.15, 0.2) is 11.5 Å². The Morgan fingerprint density at radius 1 is 0.650 bits per heavy atom. The number of hydrogen-bond donors (Lipinski definition) is 2. The van der Waals surface area contributed by atoms with Crippen LogP contribution in [-0.4, -0.2) is 13.1 Å². The van der Waals surface area contributed by atoms with Crippen molar-refractivity contribution in [3.8, 4) is 11.5 Å². The minimum Gasteiger partial charge on any atom is -0.311 e. The minimum absolute atomic E-state index is 0.0632. The molecule has 2 aromatic carbocycles. The summed E-state index contributed by atoms with van der Waals surface area (Å²) in [5.41, 5.74) is 1.55. The van der Waals surface area contributed by atoms with E-state index in [-0.39, 0.29) is 11.5 Å². The monoisotopic (exact) mass is 270 g/mol. The molecule has 2 rings (SSSR count). The lowest BCUT2D eigenvalue weighted by Crippen LogP contribution is -2.26. The molecule has 20 heavy (non-hydrogen) atoms. The van der Waals surface area contributed by atoms with Crippen molar-refractivity contribution >= 4 is 0 Å². The van der Waals surface area contributed by atoms with Gasteiger partial charge in [0.2, 0.25) is 0 Å². The van der Waals surface area contributed by atoms with Crippen LogP contribution in [-0.2, 0) is 23.3 Å². The van der Waals surface area contributed by atoms with E-state index in [1.807, 2.05) is 24.3 Å². The molecule has 2 radical (unpaired) electrons. The van der Waals surface area contributed by atoms with Crippen LogP contribution in [0.1, 0.15) is 11.1 Å². The van der Waals surface area contributed by atoms with E-state index in [1.165, 1.54) is 0 Å². The van der Waals surface area contributed by atoms with Crippen molar-refractivity contribution in [2.75, 3.05) is 13.1 Å². The van der Waals surface area contributed by atoms with Gasteiger partial charge in [0.1, 0.15) is 0 Å². The predicted octanol–water partition coefficient (Wildman–Crippen LogP) is 2.85. The van der Waals surface area contributed by atoms with E-state index >= 15 is 0 Å². The lowest BCUT2D eigenvalue weighted by molar-refractivity contribution is 0.347. The smallest absolute Gasteiger partial charge is 0.183 e. The molecule has 0 aromatic heterocycles. The molecule has 0 heterocycles. The molecular formula is C16H18N2O2. The van der Waals surface area contributed by atoms with Crippen molar-refractivity contribution in [3.63, 3.8) is 0 Å². The molecule has 0 atom stereocenters. The summed E-state index contributed by atoms with van der Waals surface area (Å²) in [4.78, 5) is 0. The van der Waals surface area contributed by atoms with E-state index in [0.29, 0.717) is 13.1 Å². The summed E-state index contributed by atoms with van der Waals surface area (Å²) in [6, 6.07) is 14.0. The fourth-order valence-corrected chi connectivity index (χ4v) is 1.92. The summed E-state index contributed by atoms with van der Waals surface area (Å²) in [5.74, 6) is 0.126. The van der Waals surface area contributed by atoms with Crippen LogP contribution in [0.4, 0.5) is 0 Å². The van der Waals surface area contributed by atoms with Gasteiger partial charge in [-0.25, -0.2) is 0 Å². The topological polar surface area (TPSA) is 63.9 Å². The minimum atomic E-state index is 0.0632. The molecule has 0 saturated heterocycles. The summed E-state index contributed by atoms with van der Waals surface area (Å²) >= 11 is 0. The Hall–Kier alpha value is -2.04. The SMILES string of the molecule is [O]c1ccccc1CNCCNCc1ccccc1[O]. The largest absolute Gasteiger partial charge is 0.311 e. The highest BCUT2D eigenvalue weighted by molar-refractivity contribution is 5.32. The summed E-state index contributed by atoms with van der Waals surface area (Å²) < 4.78 is 0. The third kappa shape index (κ3) is 4.26. The zero-order chi connectivity index (χ0) is 14.2. The summed E-state index contributed by atoms with van der Waals surface area (Å²) in [6.07, 6.45) is 0. The second-order valence-corrected chi connectivity index (χ2v) is 4.57. The molecule has 0 spiro atoms. The van der Waals surface area contributed by atoms with Gasteiger partial charge >= 0.3 is 0 Å². The zero-order valence-corrected chi connectivity index (χ0v) is 11.3. The summed E-state index contributed by atoms with van der Waals surface area (Å²) in [6.45, 7) is 2.63. The highest BCUT2D eigenvalue weighted by Crippen LogP contribution is 2.16. The predicted molar refractivity (Wildman–Crippen MR) is 76.6 cm³/mol. The maximum atomic E-state index is 11.5. The maximum Gasteiger partial charge on any atom is 0.183 e. The Morgan fingerprint density at radius 3 is 1.45 bits per heavy atom. The Balaban J connectivity index is 1.63. The average Bonchev–Trinajstić information content (AvgIpc) is 2.46. The molecule has 0 aliphatic heterocycles. The second kappa shape index (κ2) is 7.53. The van der Waals surface area contributed by atoms with Crippen LogP contribution in [0.25, 0.3) is 0 Å². The average molecular weight is 270 g/mol. The number of rotatable bonds is 7. The van der Waals surface area contributed by atoms with Crippen LogP contribution < -0.4 is 10.6 Å². The molecule has 104 valence electrons. The van der Waals surface area contributed by atoms with Gasteiger partial charge in [0.05, 0.1) is 0 Å². The fraction of sp³-hybridized carbons (Fsp3) is 0.250.